The second kappa shape index (κ2) is 8.79. The number of amides is 1. The quantitative estimate of drug-likeness (QED) is 0.575. The number of nitrogens with zero attached hydrogens (tertiary/aromatic N) is 1. The zero-order valence-electron chi connectivity index (χ0n) is 14.8. The molecule has 1 N–H and O–H groups in total. The number of carbonyl (C=O) groups excluding carboxylic acids is 4. The second-order valence-electron chi connectivity index (χ2n) is 5.53. The lowest BCUT2D eigenvalue weighted by Gasteiger charge is -2.17. The number of nitrogens with one attached hydrogen (secondary N) is 1. The third kappa shape index (κ3) is 5.27. The molecule has 0 spiro atoms. The largest absolute Gasteiger partial charge is 0.493 e. The molecule has 1 aromatic heterocycles. The van der Waals surface area contributed by atoms with E-state index in [4.69, 9.17) is 18.9 Å². The summed E-state index contributed by atoms with van der Waals surface area (Å²) in [5, 5.41) is 2.35. The number of carbonyl (C=O) groups is 4. The van der Waals surface area contributed by atoms with Crippen molar-refractivity contribution in [2.75, 3.05) is 20.3 Å². The molecule has 0 aromatic carbocycles. The molecule has 2 rings (SSSR count). The monoisotopic (exact) mass is 378 g/mol. The molecule has 1 fully saturated rings. The summed E-state index contributed by atoms with van der Waals surface area (Å²) in [6.07, 6.45) is 1.17. The van der Waals surface area contributed by atoms with Crippen LogP contribution in [0.15, 0.2) is 24.4 Å². The predicted molar refractivity (Wildman–Crippen MR) is 89.0 cm³/mol. The van der Waals surface area contributed by atoms with Gasteiger partial charge in [-0.1, -0.05) is 6.58 Å². The normalized spacial score (nSPS) is 17.6. The SMILES string of the molecule is C=C1COC(=O)[C@@H](NC(=O)c2nccc(OC)c2OC(C)=O)COC(=O)C1. The molecule has 10 heteroatoms. The summed E-state index contributed by atoms with van der Waals surface area (Å²) < 4.78 is 20.0. The first-order valence-corrected chi connectivity index (χ1v) is 7.83. The smallest absolute Gasteiger partial charge is 0.332 e. The fraction of sp³-hybridized carbons (Fsp3) is 0.353. The van der Waals surface area contributed by atoms with Gasteiger partial charge in [0.2, 0.25) is 5.75 Å². The van der Waals surface area contributed by atoms with Gasteiger partial charge in [-0.25, -0.2) is 9.78 Å². The molecule has 1 atom stereocenters. The van der Waals surface area contributed by atoms with Gasteiger partial charge in [-0.2, -0.15) is 0 Å². The van der Waals surface area contributed by atoms with Crippen LogP contribution in [-0.4, -0.2) is 55.2 Å². The van der Waals surface area contributed by atoms with Crippen LogP contribution in [0.3, 0.4) is 0 Å². The molecule has 0 unspecified atom stereocenters. The summed E-state index contributed by atoms with van der Waals surface area (Å²) in [6, 6.07) is 0.127. The van der Waals surface area contributed by atoms with Crippen LogP contribution in [0.4, 0.5) is 0 Å². The summed E-state index contributed by atoms with van der Waals surface area (Å²) in [6.45, 7) is 4.15. The molecule has 0 bridgehead atoms. The van der Waals surface area contributed by atoms with E-state index in [1.165, 1.54) is 19.4 Å². The Bertz CT molecular complexity index is 789. The molecule has 0 aliphatic carbocycles. The number of rotatable bonds is 4. The van der Waals surface area contributed by atoms with Gasteiger partial charge in [0.1, 0.15) is 13.2 Å². The molecule has 1 amide bonds. The molecule has 2 heterocycles. The molecular weight excluding hydrogens is 360 g/mol. The molecule has 0 saturated carbocycles. The summed E-state index contributed by atoms with van der Waals surface area (Å²) in [5.74, 6) is -3.04. The third-order valence-corrected chi connectivity index (χ3v) is 3.36. The van der Waals surface area contributed by atoms with Crippen LogP contribution in [0, 0.1) is 0 Å². The van der Waals surface area contributed by atoms with Gasteiger partial charge in [0.05, 0.1) is 13.5 Å². The fourth-order valence-electron chi connectivity index (χ4n) is 2.15. The first-order chi connectivity index (χ1) is 12.8. The van der Waals surface area contributed by atoms with E-state index in [1.807, 2.05) is 0 Å². The zero-order valence-corrected chi connectivity index (χ0v) is 14.8. The van der Waals surface area contributed by atoms with Crippen molar-refractivity contribution in [3.8, 4) is 11.5 Å². The Morgan fingerprint density at radius 2 is 2.07 bits per heavy atom. The predicted octanol–water partition coefficient (Wildman–Crippen LogP) is 0.160. The minimum absolute atomic E-state index is 0.0953. The maximum Gasteiger partial charge on any atom is 0.332 e. The molecule has 0 radical (unpaired) electrons. The maximum absolute atomic E-state index is 12.6. The van der Waals surface area contributed by atoms with Gasteiger partial charge < -0.3 is 24.3 Å². The number of aromatic nitrogens is 1. The Morgan fingerprint density at radius 1 is 1.33 bits per heavy atom. The van der Waals surface area contributed by atoms with Crippen LogP contribution < -0.4 is 14.8 Å². The van der Waals surface area contributed by atoms with Crippen LogP contribution >= 0.6 is 0 Å². The minimum Gasteiger partial charge on any atom is -0.493 e. The summed E-state index contributed by atoms with van der Waals surface area (Å²) >= 11 is 0. The molecule has 10 nitrogen and oxygen atoms in total. The summed E-state index contributed by atoms with van der Waals surface area (Å²) in [4.78, 5) is 51.5. The molecule has 1 aliphatic heterocycles. The maximum atomic E-state index is 12.6. The van der Waals surface area contributed by atoms with E-state index >= 15 is 0 Å². The van der Waals surface area contributed by atoms with E-state index in [0.717, 1.165) is 6.92 Å². The van der Waals surface area contributed by atoms with Gasteiger partial charge >= 0.3 is 17.9 Å². The number of cyclic esters (lactones) is 2. The number of hydrogen-bond donors (Lipinski definition) is 1. The van der Waals surface area contributed by atoms with Gasteiger partial charge in [-0.05, 0) is 5.57 Å². The van der Waals surface area contributed by atoms with Crippen LogP contribution in [0.2, 0.25) is 0 Å². The van der Waals surface area contributed by atoms with E-state index < -0.39 is 36.5 Å². The number of methoxy groups -OCH3 is 1. The Morgan fingerprint density at radius 3 is 2.74 bits per heavy atom. The van der Waals surface area contributed by atoms with Crippen LogP contribution in [-0.2, 0) is 23.9 Å². The Hall–Kier alpha value is -3.43. The standard InChI is InChI=1S/C17H18N2O8/c1-9-6-13(21)25-8-11(17(23)26-7-9)19-16(22)14-15(27-10(2)20)12(24-3)4-5-18-14/h4-5,11H,1,6-8H2,2-3H3,(H,19,22)/t11-/m0/s1. The fourth-order valence-corrected chi connectivity index (χ4v) is 2.15. The van der Waals surface area contributed by atoms with Crippen molar-refractivity contribution >= 4 is 23.8 Å². The number of esters is 3. The molecule has 1 aliphatic rings. The van der Waals surface area contributed by atoms with Crippen molar-refractivity contribution in [1.29, 1.82) is 0 Å². The average Bonchev–Trinajstić information content (AvgIpc) is 2.67. The van der Waals surface area contributed by atoms with Crippen LogP contribution in [0.25, 0.3) is 0 Å². The molecule has 144 valence electrons. The van der Waals surface area contributed by atoms with Gasteiger partial charge in [0, 0.05) is 19.2 Å². The lowest BCUT2D eigenvalue weighted by Crippen LogP contribution is -2.45. The van der Waals surface area contributed by atoms with Crippen LogP contribution in [0.5, 0.6) is 11.5 Å². The molecular formula is C17H18N2O8. The first kappa shape index (κ1) is 19.9. The van der Waals surface area contributed by atoms with Crippen molar-refractivity contribution in [1.82, 2.24) is 10.3 Å². The lowest BCUT2D eigenvalue weighted by atomic mass is 10.2. The lowest BCUT2D eigenvalue weighted by molar-refractivity contribution is -0.149. The highest BCUT2D eigenvalue weighted by Crippen LogP contribution is 2.29. The highest BCUT2D eigenvalue weighted by molar-refractivity contribution is 5.98. The minimum atomic E-state index is -1.27. The van der Waals surface area contributed by atoms with Crippen LogP contribution in [0.1, 0.15) is 23.8 Å². The average molecular weight is 378 g/mol. The topological polar surface area (TPSA) is 130 Å². The van der Waals surface area contributed by atoms with Crippen molar-refractivity contribution in [2.24, 2.45) is 0 Å². The van der Waals surface area contributed by atoms with Crippen molar-refractivity contribution in [3.05, 3.63) is 30.1 Å². The highest BCUT2D eigenvalue weighted by Gasteiger charge is 2.29. The first-order valence-electron chi connectivity index (χ1n) is 7.83. The second-order valence-corrected chi connectivity index (χ2v) is 5.53. The zero-order chi connectivity index (χ0) is 20.0. The van der Waals surface area contributed by atoms with Crippen molar-refractivity contribution in [2.45, 2.75) is 19.4 Å². The molecule has 1 saturated heterocycles. The van der Waals surface area contributed by atoms with Gasteiger partial charge in [-0.15, -0.1) is 0 Å². The van der Waals surface area contributed by atoms with E-state index in [0.29, 0.717) is 5.57 Å². The van der Waals surface area contributed by atoms with E-state index in [-0.39, 0.29) is 30.2 Å². The number of pyridine rings is 1. The Balaban J connectivity index is 2.24. The third-order valence-electron chi connectivity index (χ3n) is 3.36. The number of hydrogen-bond acceptors (Lipinski definition) is 9. The van der Waals surface area contributed by atoms with Gasteiger partial charge in [-0.3, -0.25) is 14.4 Å². The van der Waals surface area contributed by atoms with E-state index in [1.54, 1.807) is 0 Å². The van der Waals surface area contributed by atoms with Gasteiger partial charge in [0.15, 0.2) is 17.5 Å². The number of ether oxygens (including phenoxy) is 4. The van der Waals surface area contributed by atoms with Crippen molar-refractivity contribution < 1.29 is 38.1 Å². The molecule has 27 heavy (non-hydrogen) atoms. The van der Waals surface area contributed by atoms with E-state index in [9.17, 15) is 19.2 Å². The summed E-state index contributed by atoms with van der Waals surface area (Å²) in [7, 11) is 1.33. The van der Waals surface area contributed by atoms with Gasteiger partial charge in [0.25, 0.3) is 5.91 Å². The summed E-state index contributed by atoms with van der Waals surface area (Å²) in [5.41, 5.74) is 0.0832. The Kier molecular flexibility index (Phi) is 6.47. The Labute approximate surface area is 154 Å². The van der Waals surface area contributed by atoms with Crippen molar-refractivity contribution in [3.63, 3.8) is 0 Å². The van der Waals surface area contributed by atoms with E-state index in [2.05, 4.69) is 16.9 Å². The highest BCUT2D eigenvalue weighted by atomic mass is 16.6. The molecule has 1 aromatic rings.